The molecule has 0 saturated heterocycles. The van der Waals surface area contributed by atoms with Crippen molar-refractivity contribution in [1.29, 1.82) is 0 Å². The minimum atomic E-state index is 0.0853. The van der Waals surface area contributed by atoms with Gasteiger partial charge in [0.2, 0.25) is 0 Å². The maximum absolute atomic E-state index is 9.98. The average Bonchev–Trinajstić information content (AvgIpc) is 2.46. The summed E-state index contributed by atoms with van der Waals surface area (Å²) in [4.78, 5) is 0. The third-order valence-electron chi connectivity index (χ3n) is 6.77. The van der Waals surface area contributed by atoms with Gasteiger partial charge >= 0.3 is 0 Å². The Balaban J connectivity index is 2.20. The van der Waals surface area contributed by atoms with E-state index >= 15 is 0 Å². The summed E-state index contributed by atoms with van der Waals surface area (Å²) < 4.78 is 0. The first-order valence-corrected chi connectivity index (χ1v) is 8.92. The van der Waals surface area contributed by atoms with E-state index in [-0.39, 0.29) is 17.4 Å². The molecule has 0 aliphatic heterocycles. The molecule has 4 atom stereocenters. The Hall–Kier alpha value is -0.600. The summed E-state index contributed by atoms with van der Waals surface area (Å²) in [6.45, 7) is 11.7. The molecule has 0 bridgehead atoms. The van der Waals surface area contributed by atoms with Crippen LogP contribution in [0.15, 0.2) is 23.8 Å². The van der Waals surface area contributed by atoms with E-state index in [4.69, 9.17) is 5.11 Å². The molecule has 0 radical (unpaired) electrons. The van der Waals surface area contributed by atoms with Crippen molar-refractivity contribution in [2.75, 3.05) is 13.2 Å². The number of hydrogen-bond acceptors (Lipinski definition) is 2. The van der Waals surface area contributed by atoms with Gasteiger partial charge in [-0.2, -0.15) is 0 Å². The van der Waals surface area contributed by atoms with Gasteiger partial charge in [0, 0.05) is 6.61 Å². The molecule has 22 heavy (non-hydrogen) atoms. The lowest BCUT2D eigenvalue weighted by Crippen LogP contribution is -2.51. The molecule has 0 aromatic heterocycles. The van der Waals surface area contributed by atoms with E-state index in [1.807, 2.05) is 6.08 Å². The third kappa shape index (κ3) is 3.19. The van der Waals surface area contributed by atoms with Crippen LogP contribution in [0.2, 0.25) is 0 Å². The Kier molecular flexibility index (Phi) is 5.55. The largest absolute Gasteiger partial charge is 0.396 e. The molecule has 0 aromatic rings. The van der Waals surface area contributed by atoms with Gasteiger partial charge in [0.25, 0.3) is 0 Å². The Morgan fingerprint density at radius 1 is 1.32 bits per heavy atom. The van der Waals surface area contributed by atoms with Crippen LogP contribution < -0.4 is 0 Å². The molecule has 2 rings (SSSR count). The Labute approximate surface area is 136 Å². The lowest BCUT2D eigenvalue weighted by molar-refractivity contribution is -0.0858. The zero-order chi connectivity index (χ0) is 16.4. The van der Waals surface area contributed by atoms with Crippen LogP contribution in [0, 0.1) is 22.7 Å². The van der Waals surface area contributed by atoms with Gasteiger partial charge < -0.3 is 10.2 Å². The molecule has 0 amide bonds. The minimum absolute atomic E-state index is 0.0853. The summed E-state index contributed by atoms with van der Waals surface area (Å²) in [5.74, 6) is 1.16. The summed E-state index contributed by atoms with van der Waals surface area (Å²) in [7, 11) is 0. The molecule has 2 fully saturated rings. The zero-order valence-electron chi connectivity index (χ0n) is 14.7. The average molecular weight is 306 g/mol. The normalized spacial score (nSPS) is 39.7. The van der Waals surface area contributed by atoms with Crippen LogP contribution in [0.1, 0.15) is 65.7 Å². The van der Waals surface area contributed by atoms with Crippen molar-refractivity contribution in [3.05, 3.63) is 23.8 Å². The van der Waals surface area contributed by atoms with Gasteiger partial charge in [0.1, 0.15) is 0 Å². The molecule has 0 unspecified atom stereocenters. The maximum Gasteiger partial charge on any atom is 0.0614 e. The number of aliphatic hydroxyl groups excluding tert-OH is 2. The predicted octanol–water partition coefficient (Wildman–Crippen LogP) is 4.48. The quantitative estimate of drug-likeness (QED) is 0.735. The van der Waals surface area contributed by atoms with E-state index < -0.39 is 0 Å². The lowest BCUT2D eigenvalue weighted by atomic mass is 9.47. The van der Waals surface area contributed by atoms with Crippen molar-refractivity contribution in [2.24, 2.45) is 22.7 Å². The van der Waals surface area contributed by atoms with Crippen molar-refractivity contribution in [1.82, 2.24) is 0 Å². The molecule has 0 aromatic carbocycles. The zero-order valence-corrected chi connectivity index (χ0v) is 14.7. The molecule has 0 heterocycles. The lowest BCUT2D eigenvalue weighted by Gasteiger charge is -2.58. The summed E-state index contributed by atoms with van der Waals surface area (Å²) in [6.07, 6.45) is 10.0. The fourth-order valence-electron chi connectivity index (χ4n) is 5.44. The van der Waals surface area contributed by atoms with Crippen LogP contribution in [-0.2, 0) is 0 Å². The van der Waals surface area contributed by atoms with E-state index in [1.54, 1.807) is 0 Å². The van der Waals surface area contributed by atoms with Crippen molar-refractivity contribution >= 4 is 0 Å². The van der Waals surface area contributed by atoms with Crippen LogP contribution in [-0.4, -0.2) is 23.4 Å². The van der Waals surface area contributed by atoms with Gasteiger partial charge in [-0.15, -0.1) is 0 Å². The van der Waals surface area contributed by atoms with Crippen molar-refractivity contribution < 1.29 is 10.2 Å². The SMILES string of the molecule is C=C1CC[C@H]2[C@@](C)(CO)CCC[C@]2(C)[C@H]1CC/C(C)=C/CO. The van der Waals surface area contributed by atoms with Crippen molar-refractivity contribution in [3.8, 4) is 0 Å². The fourth-order valence-corrected chi connectivity index (χ4v) is 5.44. The summed E-state index contributed by atoms with van der Waals surface area (Å²) in [6, 6.07) is 0. The topological polar surface area (TPSA) is 40.5 Å². The minimum Gasteiger partial charge on any atom is -0.396 e. The highest BCUT2D eigenvalue weighted by molar-refractivity contribution is 5.17. The van der Waals surface area contributed by atoms with Crippen LogP contribution >= 0.6 is 0 Å². The first kappa shape index (κ1) is 17.7. The molecule has 2 aliphatic carbocycles. The van der Waals surface area contributed by atoms with Crippen LogP contribution in [0.3, 0.4) is 0 Å². The molecule has 2 N–H and O–H groups in total. The second kappa shape index (κ2) is 6.88. The highest BCUT2D eigenvalue weighted by Gasteiger charge is 2.53. The highest BCUT2D eigenvalue weighted by Crippen LogP contribution is 2.61. The van der Waals surface area contributed by atoms with Gasteiger partial charge in [-0.25, -0.2) is 0 Å². The molecule has 2 nitrogen and oxygen atoms in total. The Morgan fingerprint density at radius 2 is 2.05 bits per heavy atom. The molecule has 2 aliphatic rings. The molecule has 0 spiro atoms. The van der Waals surface area contributed by atoms with Crippen molar-refractivity contribution in [3.63, 3.8) is 0 Å². The van der Waals surface area contributed by atoms with Gasteiger partial charge in [-0.05, 0) is 68.1 Å². The highest BCUT2D eigenvalue weighted by atomic mass is 16.3. The number of hydrogen-bond donors (Lipinski definition) is 2. The predicted molar refractivity (Wildman–Crippen MR) is 92.6 cm³/mol. The monoisotopic (exact) mass is 306 g/mol. The van der Waals surface area contributed by atoms with E-state index in [1.165, 1.54) is 30.4 Å². The van der Waals surface area contributed by atoms with Gasteiger partial charge in [0.15, 0.2) is 0 Å². The number of aliphatic hydroxyl groups is 2. The first-order valence-electron chi connectivity index (χ1n) is 8.92. The third-order valence-corrected chi connectivity index (χ3v) is 6.77. The Bertz CT molecular complexity index is 439. The molecular weight excluding hydrogens is 272 g/mol. The van der Waals surface area contributed by atoms with Gasteiger partial charge in [-0.1, -0.05) is 44.1 Å². The fraction of sp³-hybridized carbons (Fsp3) is 0.800. The number of allylic oxidation sites excluding steroid dienone is 2. The smallest absolute Gasteiger partial charge is 0.0614 e. The number of fused-ring (bicyclic) bond motifs is 1. The van der Waals surface area contributed by atoms with Crippen LogP contribution in [0.4, 0.5) is 0 Å². The number of rotatable bonds is 5. The first-order chi connectivity index (χ1) is 10.4. The van der Waals surface area contributed by atoms with Crippen molar-refractivity contribution in [2.45, 2.75) is 65.7 Å². The van der Waals surface area contributed by atoms with E-state index in [9.17, 15) is 5.11 Å². The molecular formula is C20H34O2. The maximum atomic E-state index is 9.98. The van der Waals surface area contributed by atoms with E-state index in [0.29, 0.717) is 18.4 Å². The molecule has 126 valence electrons. The molecule has 2 saturated carbocycles. The second-order valence-corrected chi connectivity index (χ2v) is 8.25. The van der Waals surface area contributed by atoms with Gasteiger partial charge in [0.05, 0.1) is 6.61 Å². The summed E-state index contributed by atoms with van der Waals surface area (Å²) >= 11 is 0. The van der Waals surface area contributed by atoms with Crippen LogP contribution in [0.25, 0.3) is 0 Å². The summed E-state index contributed by atoms with van der Waals surface area (Å²) in [5.41, 5.74) is 3.06. The standard InChI is InChI=1S/C20H34O2/c1-15(10-13-21)6-8-17-16(2)7-9-18-19(3,14-22)11-5-12-20(17,18)4/h10,17-18,21-22H,2,5-9,11-14H2,1,3-4H3/b15-10+/t17-,18-,19+,20+/m0/s1. The van der Waals surface area contributed by atoms with E-state index in [2.05, 4.69) is 27.4 Å². The van der Waals surface area contributed by atoms with Crippen LogP contribution in [0.5, 0.6) is 0 Å². The second-order valence-electron chi connectivity index (χ2n) is 8.25. The molecule has 2 heteroatoms. The van der Waals surface area contributed by atoms with Gasteiger partial charge in [-0.3, -0.25) is 0 Å². The Morgan fingerprint density at radius 3 is 2.68 bits per heavy atom. The summed E-state index contributed by atoms with van der Waals surface area (Å²) in [5, 5.41) is 19.0. The van der Waals surface area contributed by atoms with E-state index in [0.717, 1.165) is 25.7 Å².